The summed E-state index contributed by atoms with van der Waals surface area (Å²) in [6.07, 6.45) is -0.404. The van der Waals surface area contributed by atoms with Crippen LogP contribution in [0.2, 0.25) is 0 Å². The van der Waals surface area contributed by atoms with Crippen molar-refractivity contribution in [3.05, 3.63) is 12.7 Å². The zero-order valence-electron chi connectivity index (χ0n) is 13.8. The van der Waals surface area contributed by atoms with Crippen molar-refractivity contribution in [3.63, 3.8) is 0 Å². The van der Waals surface area contributed by atoms with Crippen molar-refractivity contribution in [1.29, 1.82) is 0 Å². The molecule has 8 nitrogen and oxygen atoms in total. The van der Waals surface area contributed by atoms with E-state index in [1.54, 1.807) is 6.92 Å². The summed E-state index contributed by atoms with van der Waals surface area (Å²) < 4.78 is 19.7. The summed E-state index contributed by atoms with van der Waals surface area (Å²) >= 11 is 0. The van der Waals surface area contributed by atoms with Gasteiger partial charge >= 0.3 is 18.0 Å². The highest BCUT2D eigenvalue weighted by Gasteiger charge is 2.11. The van der Waals surface area contributed by atoms with E-state index in [1.807, 2.05) is 13.8 Å². The molecule has 0 aliphatic carbocycles. The molecule has 1 N–H and O–H groups in total. The highest BCUT2D eigenvalue weighted by molar-refractivity contribution is 5.81. The van der Waals surface area contributed by atoms with E-state index in [0.717, 1.165) is 6.08 Å². The van der Waals surface area contributed by atoms with Gasteiger partial charge in [0, 0.05) is 6.08 Å². The topological polar surface area (TPSA) is 100 Å². The molecule has 0 heterocycles. The monoisotopic (exact) mass is 331 g/mol. The van der Waals surface area contributed by atoms with Crippen LogP contribution in [0, 0.1) is 5.92 Å². The molecule has 0 rings (SSSR count). The molecule has 0 radical (unpaired) electrons. The third kappa shape index (κ3) is 13.3. The van der Waals surface area contributed by atoms with Crippen LogP contribution in [-0.2, 0) is 28.5 Å². The molecule has 0 fully saturated rings. The lowest BCUT2D eigenvalue weighted by Crippen LogP contribution is -2.29. The van der Waals surface area contributed by atoms with E-state index in [-0.39, 0.29) is 26.2 Å². The maximum atomic E-state index is 11.5. The van der Waals surface area contributed by atoms with Crippen LogP contribution in [0.3, 0.4) is 0 Å². The molecular weight excluding hydrogens is 306 g/mol. The fourth-order valence-corrected chi connectivity index (χ4v) is 1.25. The Kier molecular flexibility index (Phi) is 11.3. The van der Waals surface area contributed by atoms with E-state index in [0.29, 0.717) is 12.5 Å². The Balaban J connectivity index is 3.64. The van der Waals surface area contributed by atoms with Crippen molar-refractivity contribution in [2.45, 2.75) is 33.5 Å². The van der Waals surface area contributed by atoms with E-state index < -0.39 is 24.3 Å². The van der Waals surface area contributed by atoms with Crippen LogP contribution in [0.25, 0.3) is 0 Å². The molecule has 0 aromatic carbocycles. The minimum Gasteiger partial charge on any atom is -0.461 e. The van der Waals surface area contributed by atoms with Gasteiger partial charge < -0.3 is 24.3 Å². The van der Waals surface area contributed by atoms with Crippen LogP contribution < -0.4 is 5.32 Å². The zero-order chi connectivity index (χ0) is 17.7. The second-order valence-electron chi connectivity index (χ2n) is 4.97. The van der Waals surface area contributed by atoms with Gasteiger partial charge in [0.05, 0.1) is 19.6 Å². The van der Waals surface area contributed by atoms with Crippen molar-refractivity contribution >= 4 is 18.0 Å². The minimum atomic E-state index is -0.712. The van der Waals surface area contributed by atoms with Gasteiger partial charge in [-0.2, -0.15) is 0 Å². The Morgan fingerprint density at radius 2 is 1.83 bits per heavy atom. The molecule has 23 heavy (non-hydrogen) atoms. The first-order valence-corrected chi connectivity index (χ1v) is 7.36. The number of ether oxygens (including phenoxy) is 4. The third-order valence-electron chi connectivity index (χ3n) is 2.28. The lowest BCUT2D eigenvalue weighted by Gasteiger charge is -2.15. The second kappa shape index (κ2) is 12.5. The molecule has 0 spiro atoms. The Labute approximate surface area is 136 Å². The van der Waals surface area contributed by atoms with Gasteiger partial charge in [0.25, 0.3) is 0 Å². The molecule has 0 aliphatic heterocycles. The van der Waals surface area contributed by atoms with Gasteiger partial charge in [-0.05, 0) is 12.8 Å². The molecule has 1 atom stereocenters. The number of hydrogen-bond donors (Lipinski definition) is 1. The summed E-state index contributed by atoms with van der Waals surface area (Å²) in [5, 5.41) is 2.36. The third-order valence-corrected chi connectivity index (χ3v) is 2.28. The molecular formula is C15H25NO7. The summed E-state index contributed by atoms with van der Waals surface area (Å²) in [6.45, 7) is 9.31. The summed E-state index contributed by atoms with van der Waals surface area (Å²) in [4.78, 5) is 33.5. The van der Waals surface area contributed by atoms with Crippen molar-refractivity contribution in [2.75, 3.05) is 26.4 Å². The van der Waals surface area contributed by atoms with Crippen LogP contribution in [0.1, 0.15) is 27.2 Å². The SMILES string of the molecule is C=CC(=O)OCCNC(=O)OCCC(=O)OC(C)OCC(C)C. The maximum Gasteiger partial charge on any atom is 0.407 e. The predicted octanol–water partition coefficient (Wildman–Crippen LogP) is 1.39. The molecule has 132 valence electrons. The highest BCUT2D eigenvalue weighted by atomic mass is 16.7. The molecule has 0 aliphatic rings. The molecule has 0 aromatic rings. The average Bonchev–Trinajstić information content (AvgIpc) is 2.49. The van der Waals surface area contributed by atoms with E-state index in [4.69, 9.17) is 14.2 Å². The first-order valence-electron chi connectivity index (χ1n) is 7.36. The van der Waals surface area contributed by atoms with E-state index >= 15 is 0 Å². The van der Waals surface area contributed by atoms with Gasteiger partial charge in [-0.15, -0.1) is 0 Å². The fraction of sp³-hybridized carbons (Fsp3) is 0.667. The van der Waals surface area contributed by atoms with E-state index in [2.05, 4.69) is 16.6 Å². The lowest BCUT2D eigenvalue weighted by molar-refractivity contribution is -0.177. The second-order valence-corrected chi connectivity index (χ2v) is 4.97. The van der Waals surface area contributed by atoms with Crippen LogP contribution in [0.5, 0.6) is 0 Å². The van der Waals surface area contributed by atoms with E-state index in [9.17, 15) is 14.4 Å². The summed E-state index contributed by atoms with van der Waals surface area (Å²) in [7, 11) is 0. The largest absolute Gasteiger partial charge is 0.461 e. The standard InChI is InChI=1S/C15H25NO7/c1-5-13(17)20-9-7-16-15(19)21-8-6-14(18)23-12(4)22-10-11(2)3/h5,11-12H,1,6-10H2,2-4H3,(H,16,19). The summed E-state index contributed by atoms with van der Waals surface area (Å²) in [5.74, 6) is -0.750. The number of alkyl carbamates (subject to hydrolysis) is 1. The first kappa shape index (κ1) is 20.9. The number of esters is 2. The molecule has 0 aromatic heterocycles. The van der Waals surface area contributed by atoms with Crippen molar-refractivity contribution in [2.24, 2.45) is 5.92 Å². The highest BCUT2D eigenvalue weighted by Crippen LogP contribution is 2.01. The van der Waals surface area contributed by atoms with Crippen LogP contribution in [-0.4, -0.2) is 50.7 Å². The summed E-state index contributed by atoms with van der Waals surface area (Å²) in [5.41, 5.74) is 0. The Hall–Kier alpha value is -2.09. The van der Waals surface area contributed by atoms with Crippen LogP contribution in [0.15, 0.2) is 12.7 Å². The number of hydrogen-bond acceptors (Lipinski definition) is 7. The van der Waals surface area contributed by atoms with E-state index in [1.165, 1.54) is 0 Å². The molecule has 8 heteroatoms. The number of carbonyl (C=O) groups is 3. The average molecular weight is 331 g/mol. The normalized spacial score (nSPS) is 11.5. The number of nitrogens with one attached hydrogen (secondary N) is 1. The summed E-state index contributed by atoms with van der Waals surface area (Å²) in [6, 6.07) is 0. The van der Waals surface area contributed by atoms with Gasteiger partial charge in [0.1, 0.15) is 13.2 Å². The number of amides is 1. The molecule has 0 saturated heterocycles. The van der Waals surface area contributed by atoms with Gasteiger partial charge in [-0.1, -0.05) is 20.4 Å². The van der Waals surface area contributed by atoms with Crippen LogP contribution in [0.4, 0.5) is 4.79 Å². The van der Waals surface area contributed by atoms with Crippen molar-refractivity contribution in [3.8, 4) is 0 Å². The molecule has 0 saturated carbocycles. The zero-order valence-corrected chi connectivity index (χ0v) is 13.8. The van der Waals surface area contributed by atoms with Crippen LogP contribution >= 0.6 is 0 Å². The van der Waals surface area contributed by atoms with Gasteiger partial charge in [-0.25, -0.2) is 9.59 Å². The lowest BCUT2D eigenvalue weighted by atomic mass is 10.2. The smallest absolute Gasteiger partial charge is 0.407 e. The first-order chi connectivity index (χ1) is 10.8. The van der Waals surface area contributed by atoms with Crippen molar-refractivity contribution < 1.29 is 33.3 Å². The van der Waals surface area contributed by atoms with Crippen molar-refractivity contribution in [1.82, 2.24) is 5.32 Å². The Bertz CT molecular complexity index is 395. The van der Waals surface area contributed by atoms with Gasteiger partial charge in [0.2, 0.25) is 0 Å². The molecule has 0 bridgehead atoms. The fourth-order valence-electron chi connectivity index (χ4n) is 1.25. The Morgan fingerprint density at radius 1 is 1.13 bits per heavy atom. The van der Waals surface area contributed by atoms with Gasteiger partial charge in [0.15, 0.2) is 6.29 Å². The number of carbonyl (C=O) groups excluding carboxylic acids is 3. The maximum absolute atomic E-state index is 11.5. The molecule has 1 amide bonds. The Morgan fingerprint density at radius 3 is 2.43 bits per heavy atom. The van der Waals surface area contributed by atoms with Gasteiger partial charge in [-0.3, -0.25) is 4.79 Å². The predicted molar refractivity (Wildman–Crippen MR) is 81.5 cm³/mol. The number of rotatable bonds is 11. The quantitative estimate of drug-likeness (QED) is 0.201. The minimum absolute atomic E-state index is 0.00665. The molecule has 1 unspecified atom stereocenters.